The molecule has 0 N–H and O–H groups in total. The quantitative estimate of drug-likeness (QED) is 0.543. The molecule has 106 valence electrons. The molecule has 0 aromatic rings. The fourth-order valence-corrected chi connectivity index (χ4v) is 2.44. The average Bonchev–Trinajstić information content (AvgIpc) is 2.28. The standard InChI is InChI=1S/C13H25NO4/c1-5-11(14(15)16)13(9(2)3)18-12-8-6-7-10(4)17-12/h9-13H,5-8H2,1-4H3/t10-,11?,12+,13+/m0/s1. The highest BCUT2D eigenvalue weighted by atomic mass is 16.7. The SMILES string of the molecule is CCC([C@H](O[C@@H]1CCC[C@H](C)O1)C(C)C)[N+](=O)[O-]. The van der Waals surface area contributed by atoms with Crippen molar-refractivity contribution in [3.8, 4) is 0 Å². The van der Waals surface area contributed by atoms with Crippen LogP contribution in [0.15, 0.2) is 0 Å². The maximum atomic E-state index is 11.1. The van der Waals surface area contributed by atoms with Gasteiger partial charge >= 0.3 is 0 Å². The Labute approximate surface area is 109 Å². The monoisotopic (exact) mass is 259 g/mol. The van der Waals surface area contributed by atoms with Crippen LogP contribution in [0.3, 0.4) is 0 Å². The summed E-state index contributed by atoms with van der Waals surface area (Å²) in [4.78, 5) is 10.8. The number of ether oxygens (including phenoxy) is 2. The molecule has 0 bridgehead atoms. The van der Waals surface area contributed by atoms with Crippen molar-refractivity contribution in [2.24, 2.45) is 5.92 Å². The van der Waals surface area contributed by atoms with E-state index in [-0.39, 0.29) is 29.3 Å². The van der Waals surface area contributed by atoms with Gasteiger partial charge in [0, 0.05) is 11.3 Å². The van der Waals surface area contributed by atoms with Crippen LogP contribution < -0.4 is 0 Å². The minimum atomic E-state index is -0.647. The Morgan fingerprint density at radius 1 is 1.44 bits per heavy atom. The highest BCUT2D eigenvalue weighted by molar-refractivity contribution is 4.74. The summed E-state index contributed by atoms with van der Waals surface area (Å²) in [6.07, 6.45) is 2.95. The second-order valence-electron chi connectivity index (χ2n) is 5.41. The van der Waals surface area contributed by atoms with E-state index in [2.05, 4.69) is 0 Å². The lowest BCUT2D eigenvalue weighted by atomic mass is 9.97. The predicted octanol–water partition coefficient (Wildman–Crippen LogP) is 3.00. The highest BCUT2D eigenvalue weighted by Gasteiger charge is 2.36. The third-order valence-electron chi connectivity index (χ3n) is 3.47. The maximum Gasteiger partial charge on any atom is 0.238 e. The van der Waals surface area contributed by atoms with Gasteiger partial charge in [0.2, 0.25) is 6.04 Å². The van der Waals surface area contributed by atoms with Crippen LogP contribution in [0.25, 0.3) is 0 Å². The molecule has 0 radical (unpaired) electrons. The first-order valence-electron chi connectivity index (χ1n) is 6.90. The van der Waals surface area contributed by atoms with E-state index >= 15 is 0 Å². The Morgan fingerprint density at radius 3 is 2.56 bits per heavy atom. The third kappa shape index (κ3) is 4.21. The number of nitrogens with zero attached hydrogens (tertiary/aromatic N) is 1. The van der Waals surface area contributed by atoms with Gasteiger partial charge in [-0.3, -0.25) is 10.1 Å². The van der Waals surface area contributed by atoms with Crippen molar-refractivity contribution in [3.63, 3.8) is 0 Å². The van der Waals surface area contributed by atoms with Crippen molar-refractivity contribution in [3.05, 3.63) is 10.1 Å². The molecule has 18 heavy (non-hydrogen) atoms. The largest absolute Gasteiger partial charge is 0.350 e. The van der Waals surface area contributed by atoms with Crippen LogP contribution in [0, 0.1) is 16.0 Å². The molecule has 1 fully saturated rings. The van der Waals surface area contributed by atoms with Crippen LogP contribution >= 0.6 is 0 Å². The molecule has 1 heterocycles. The topological polar surface area (TPSA) is 61.6 Å². The molecule has 1 rings (SSSR count). The van der Waals surface area contributed by atoms with Gasteiger partial charge in [0.25, 0.3) is 0 Å². The minimum absolute atomic E-state index is 0.112. The Bertz CT molecular complexity index is 270. The predicted molar refractivity (Wildman–Crippen MR) is 69.0 cm³/mol. The number of rotatable bonds is 6. The second-order valence-corrected chi connectivity index (χ2v) is 5.41. The summed E-state index contributed by atoms with van der Waals surface area (Å²) >= 11 is 0. The summed E-state index contributed by atoms with van der Waals surface area (Å²) in [5.74, 6) is 0.112. The molecule has 1 aliphatic heterocycles. The summed E-state index contributed by atoms with van der Waals surface area (Å²) < 4.78 is 11.6. The van der Waals surface area contributed by atoms with Crippen LogP contribution in [0.1, 0.15) is 53.4 Å². The Hall–Kier alpha value is -0.680. The molecule has 1 aliphatic rings. The summed E-state index contributed by atoms with van der Waals surface area (Å²) in [5.41, 5.74) is 0. The Morgan fingerprint density at radius 2 is 2.11 bits per heavy atom. The lowest BCUT2D eigenvalue weighted by Gasteiger charge is -2.33. The van der Waals surface area contributed by atoms with Gasteiger partial charge in [-0.2, -0.15) is 0 Å². The van der Waals surface area contributed by atoms with Crippen molar-refractivity contribution in [2.75, 3.05) is 0 Å². The fourth-order valence-electron chi connectivity index (χ4n) is 2.44. The Balaban J connectivity index is 2.64. The molecular formula is C13H25NO4. The molecule has 0 spiro atoms. The van der Waals surface area contributed by atoms with Crippen molar-refractivity contribution in [1.29, 1.82) is 0 Å². The molecule has 1 saturated heterocycles. The number of hydrogen-bond acceptors (Lipinski definition) is 4. The first-order valence-corrected chi connectivity index (χ1v) is 6.90. The molecule has 0 saturated carbocycles. The molecule has 0 aromatic carbocycles. The van der Waals surface area contributed by atoms with E-state index in [0.29, 0.717) is 6.42 Å². The molecule has 0 aromatic heterocycles. The first-order chi connectivity index (χ1) is 8.45. The van der Waals surface area contributed by atoms with Gasteiger partial charge < -0.3 is 9.47 Å². The van der Waals surface area contributed by atoms with E-state index in [1.54, 1.807) is 0 Å². The molecule has 1 unspecified atom stereocenters. The Kier molecular flexibility index (Phi) is 6.02. The van der Waals surface area contributed by atoms with Gasteiger partial charge in [0.15, 0.2) is 6.29 Å². The van der Waals surface area contributed by atoms with Crippen molar-refractivity contribution < 1.29 is 14.4 Å². The van der Waals surface area contributed by atoms with Gasteiger partial charge in [-0.1, -0.05) is 20.8 Å². The van der Waals surface area contributed by atoms with Crippen LogP contribution in [0.2, 0.25) is 0 Å². The summed E-state index contributed by atoms with van der Waals surface area (Å²) in [6.45, 7) is 7.77. The number of hydrogen-bond donors (Lipinski definition) is 0. The summed E-state index contributed by atoms with van der Waals surface area (Å²) in [7, 11) is 0. The lowest BCUT2D eigenvalue weighted by Crippen LogP contribution is -2.43. The van der Waals surface area contributed by atoms with E-state index in [4.69, 9.17) is 9.47 Å². The molecule has 4 atom stereocenters. The van der Waals surface area contributed by atoms with Gasteiger partial charge in [-0.25, -0.2) is 0 Å². The summed E-state index contributed by atoms with van der Waals surface area (Å²) in [5, 5.41) is 11.1. The maximum absolute atomic E-state index is 11.1. The van der Waals surface area contributed by atoms with Crippen molar-refractivity contribution in [2.45, 2.75) is 77.9 Å². The van der Waals surface area contributed by atoms with Gasteiger partial charge in [-0.15, -0.1) is 0 Å². The normalized spacial score (nSPS) is 28.1. The van der Waals surface area contributed by atoms with E-state index in [9.17, 15) is 10.1 Å². The van der Waals surface area contributed by atoms with E-state index in [1.807, 2.05) is 27.7 Å². The molecular weight excluding hydrogens is 234 g/mol. The van der Waals surface area contributed by atoms with E-state index in [0.717, 1.165) is 19.3 Å². The van der Waals surface area contributed by atoms with Crippen LogP contribution in [-0.4, -0.2) is 29.5 Å². The van der Waals surface area contributed by atoms with E-state index in [1.165, 1.54) is 0 Å². The van der Waals surface area contributed by atoms with Crippen molar-refractivity contribution >= 4 is 0 Å². The van der Waals surface area contributed by atoms with Crippen LogP contribution in [0.5, 0.6) is 0 Å². The third-order valence-corrected chi connectivity index (χ3v) is 3.47. The lowest BCUT2D eigenvalue weighted by molar-refractivity contribution is -0.540. The van der Waals surface area contributed by atoms with Crippen LogP contribution in [0.4, 0.5) is 0 Å². The van der Waals surface area contributed by atoms with Gasteiger partial charge in [0.1, 0.15) is 6.10 Å². The average molecular weight is 259 g/mol. The van der Waals surface area contributed by atoms with Crippen LogP contribution in [-0.2, 0) is 9.47 Å². The minimum Gasteiger partial charge on any atom is -0.350 e. The van der Waals surface area contributed by atoms with Gasteiger partial charge in [-0.05, 0) is 32.1 Å². The zero-order valence-corrected chi connectivity index (χ0v) is 11.8. The fraction of sp³-hybridized carbons (Fsp3) is 1.00. The zero-order valence-electron chi connectivity index (χ0n) is 11.8. The second kappa shape index (κ2) is 7.04. The molecule has 0 amide bonds. The van der Waals surface area contributed by atoms with Crippen molar-refractivity contribution in [1.82, 2.24) is 0 Å². The zero-order chi connectivity index (χ0) is 13.7. The smallest absolute Gasteiger partial charge is 0.238 e. The van der Waals surface area contributed by atoms with E-state index < -0.39 is 6.04 Å². The molecule has 5 nitrogen and oxygen atoms in total. The highest BCUT2D eigenvalue weighted by Crippen LogP contribution is 2.25. The molecule has 0 aliphatic carbocycles. The first kappa shape index (κ1) is 15.4. The van der Waals surface area contributed by atoms with Gasteiger partial charge in [0.05, 0.1) is 6.10 Å². The number of nitro groups is 1. The summed E-state index contributed by atoms with van der Waals surface area (Å²) in [6, 6.07) is -0.647. The molecule has 5 heteroatoms.